The van der Waals surface area contributed by atoms with Crippen LogP contribution in [0, 0.1) is 0 Å². The molecule has 0 bridgehead atoms. The molecule has 0 saturated carbocycles. The van der Waals surface area contributed by atoms with Crippen LogP contribution < -0.4 is 0 Å². The van der Waals surface area contributed by atoms with Crippen LogP contribution in [0.1, 0.15) is 37.5 Å². The fourth-order valence-corrected chi connectivity index (χ4v) is 6.35. The molecule has 6 nitrogen and oxygen atoms in total. The van der Waals surface area contributed by atoms with Crippen molar-refractivity contribution in [3.8, 4) is 0 Å². The predicted molar refractivity (Wildman–Crippen MR) is 151 cm³/mol. The third-order valence-electron chi connectivity index (χ3n) is 5.44. The van der Waals surface area contributed by atoms with Gasteiger partial charge in [0.2, 0.25) is 0 Å². The van der Waals surface area contributed by atoms with Gasteiger partial charge in [-0.15, -0.1) is 0 Å². The van der Waals surface area contributed by atoms with Gasteiger partial charge in [-0.25, -0.2) is 14.4 Å². The summed E-state index contributed by atoms with van der Waals surface area (Å²) in [6, 6.07) is 24.9. The number of allylic oxidation sites excluding steroid dienone is 4. The van der Waals surface area contributed by atoms with Gasteiger partial charge in [-0.2, -0.15) is 0 Å². The number of carbonyl (C=O) groups is 3. The first kappa shape index (κ1) is 32.3. The SMILES string of the molecule is O=C(O)c1ccccc1.O=C(O)c1ccccc1.O=C(O)c1ccccc1.[CH3][Ti]([CH3])([CH3])([CH3])([CH3])[C]1=CC=CC1. The second-order valence-corrected chi connectivity index (χ2v) is 33.1. The van der Waals surface area contributed by atoms with Gasteiger partial charge in [-0.1, -0.05) is 54.6 Å². The number of carboxylic acids is 3. The van der Waals surface area contributed by atoms with E-state index in [9.17, 15) is 14.4 Å². The molecule has 1 aliphatic rings. The summed E-state index contributed by atoms with van der Waals surface area (Å²) in [5, 5.41) is 37.6. The molecule has 3 N–H and O–H groups in total. The van der Waals surface area contributed by atoms with Gasteiger partial charge >= 0.3 is 86.6 Å². The fourth-order valence-electron chi connectivity index (χ4n) is 3.12. The van der Waals surface area contributed by atoms with Crippen LogP contribution >= 0.6 is 0 Å². The Hall–Kier alpha value is -3.74. The molecular weight excluding hydrogens is 516 g/mol. The van der Waals surface area contributed by atoms with E-state index in [1.807, 2.05) is 0 Å². The molecule has 0 aliphatic heterocycles. The van der Waals surface area contributed by atoms with E-state index in [1.165, 1.54) is 6.42 Å². The number of hydrogen-bond acceptors (Lipinski definition) is 3. The molecule has 0 spiro atoms. The molecule has 0 heterocycles. The van der Waals surface area contributed by atoms with Crippen LogP contribution in [-0.2, 0) is 14.0 Å². The first-order valence-corrected chi connectivity index (χ1v) is 20.8. The van der Waals surface area contributed by atoms with E-state index in [-0.39, 0.29) is 0 Å². The van der Waals surface area contributed by atoms with E-state index >= 15 is 0 Å². The zero-order chi connectivity index (χ0) is 28.9. The summed E-state index contributed by atoms with van der Waals surface area (Å²) in [5.74, 6) is -2.64. The van der Waals surface area contributed by atoms with Gasteiger partial charge in [0.25, 0.3) is 0 Å². The van der Waals surface area contributed by atoms with E-state index in [0.29, 0.717) is 16.7 Å². The van der Waals surface area contributed by atoms with Crippen LogP contribution in [0.4, 0.5) is 0 Å². The zero-order valence-corrected chi connectivity index (χ0v) is 24.2. The Labute approximate surface area is 223 Å². The molecule has 38 heavy (non-hydrogen) atoms. The molecule has 7 heteroatoms. The van der Waals surface area contributed by atoms with E-state index in [0.717, 1.165) is 0 Å². The average molecular weight is 555 g/mol. The summed E-state index contributed by atoms with van der Waals surface area (Å²) in [5.41, 5.74) is 0.993. The number of hydrogen-bond donors (Lipinski definition) is 3. The molecule has 3 aromatic rings. The molecule has 0 aromatic heterocycles. The minimum atomic E-state index is -2.61. The number of aromatic carboxylic acids is 3. The molecule has 0 amide bonds. The van der Waals surface area contributed by atoms with Gasteiger partial charge in [-0.3, -0.25) is 0 Å². The van der Waals surface area contributed by atoms with E-state index < -0.39 is 31.9 Å². The summed E-state index contributed by atoms with van der Waals surface area (Å²) in [6.07, 6.45) is 7.98. The molecule has 3 aromatic carbocycles. The third-order valence-corrected chi connectivity index (χ3v) is 11.0. The Bertz CT molecular complexity index is 1140. The summed E-state index contributed by atoms with van der Waals surface area (Å²) in [4.78, 5) is 30.6. The summed E-state index contributed by atoms with van der Waals surface area (Å²) in [7, 11) is 0. The summed E-state index contributed by atoms with van der Waals surface area (Å²) >= 11 is -2.61. The van der Waals surface area contributed by atoms with Crippen molar-refractivity contribution < 1.29 is 43.7 Å². The normalized spacial score (nSPS) is 13.3. The standard InChI is InChI=1S/3C7H6O2.C5H5.5CH3.Ti/c3*8-7(9)6-4-2-1-3-5-6;1-2-4-5-3-1;;;;;;/h3*1-5H,(H,8,9);1-3H,4H2;5*1H3;. The van der Waals surface area contributed by atoms with Crippen molar-refractivity contribution in [3.63, 3.8) is 0 Å². The molecule has 202 valence electrons. The van der Waals surface area contributed by atoms with Crippen molar-refractivity contribution in [2.45, 2.75) is 32.6 Å². The topological polar surface area (TPSA) is 112 Å². The first-order valence-electron chi connectivity index (χ1n) is 12.2. The van der Waals surface area contributed by atoms with Gasteiger partial charge in [-0.05, 0) is 36.4 Å². The Morgan fingerprint density at radius 2 is 0.842 bits per heavy atom. The van der Waals surface area contributed by atoms with Gasteiger partial charge in [0, 0.05) is 0 Å². The molecule has 0 atom stereocenters. The number of rotatable bonds is 4. The average Bonchev–Trinajstić information content (AvgIpc) is 3.43. The van der Waals surface area contributed by atoms with Gasteiger partial charge in [0.1, 0.15) is 0 Å². The van der Waals surface area contributed by atoms with Crippen molar-refractivity contribution in [1.29, 1.82) is 0 Å². The third kappa shape index (κ3) is 13.0. The number of benzene rings is 3. The maximum atomic E-state index is 10.2. The second-order valence-electron chi connectivity index (χ2n) is 12.6. The van der Waals surface area contributed by atoms with Crippen molar-refractivity contribution in [2.75, 3.05) is 0 Å². The molecule has 0 saturated heterocycles. The van der Waals surface area contributed by atoms with Gasteiger partial charge in [0.15, 0.2) is 0 Å². The Balaban J connectivity index is 0.000000254. The molecule has 0 fully saturated rings. The molecule has 1 aliphatic carbocycles. The fraction of sp³-hybridized carbons (Fsp3) is 0.194. The maximum absolute atomic E-state index is 10.2. The van der Waals surface area contributed by atoms with E-state index in [4.69, 9.17) is 15.3 Å². The predicted octanol–water partition coefficient (Wildman–Crippen LogP) is 8.45. The van der Waals surface area contributed by atoms with Crippen molar-refractivity contribution in [3.05, 3.63) is 130 Å². The Morgan fingerprint density at radius 1 is 0.553 bits per heavy atom. The molecule has 0 radical (unpaired) electrons. The minimum absolute atomic E-state index is 0.331. The van der Waals surface area contributed by atoms with Gasteiger partial charge in [0.05, 0.1) is 16.7 Å². The van der Waals surface area contributed by atoms with E-state index in [2.05, 4.69) is 44.4 Å². The van der Waals surface area contributed by atoms with Crippen LogP contribution in [0.3, 0.4) is 0 Å². The van der Waals surface area contributed by atoms with Crippen LogP contribution in [0.15, 0.2) is 113 Å². The van der Waals surface area contributed by atoms with Crippen LogP contribution in [0.5, 0.6) is 0 Å². The summed E-state index contributed by atoms with van der Waals surface area (Å²) < 4.78 is 1.70. The quantitative estimate of drug-likeness (QED) is 0.279. The van der Waals surface area contributed by atoms with Crippen molar-refractivity contribution in [2.24, 2.45) is 0 Å². The number of carboxylic acid groups (broad SMARTS) is 3. The van der Waals surface area contributed by atoms with Crippen molar-refractivity contribution in [1.82, 2.24) is 0 Å². The molecule has 4 rings (SSSR count). The van der Waals surface area contributed by atoms with Crippen molar-refractivity contribution >= 4 is 17.9 Å². The van der Waals surface area contributed by atoms with Gasteiger partial charge < -0.3 is 15.3 Å². The second kappa shape index (κ2) is 13.2. The molecule has 0 unspecified atom stereocenters. The van der Waals surface area contributed by atoms with E-state index in [1.54, 1.807) is 94.9 Å². The van der Waals surface area contributed by atoms with Crippen LogP contribution in [0.2, 0.25) is 26.1 Å². The molecular formula is C31H38O6Ti. The Morgan fingerprint density at radius 3 is 0.974 bits per heavy atom. The first-order chi connectivity index (χ1) is 17.5. The zero-order valence-electron chi connectivity index (χ0n) is 22.7. The van der Waals surface area contributed by atoms with Crippen LogP contribution in [0.25, 0.3) is 0 Å². The summed E-state index contributed by atoms with van der Waals surface area (Å²) in [6.45, 7) is 0. The Kier molecular flexibility index (Phi) is 11.2. The van der Waals surface area contributed by atoms with Crippen LogP contribution in [-0.4, -0.2) is 33.2 Å². The monoisotopic (exact) mass is 554 g/mol.